The normalized spacial score (nSPS) is 12.8. The first-order valence-corrected chi connectivity index (χ1v) is 9.38. The van der Waals surface area contributed by atoms with Crippen LogP contribution in [-0.4, -0.2) is 8.42 Å². The van der Waals surface area contributed by atoms with Crippen LogP contribution < -0.4 is 5.14 Å². The lowest BCUT2D eigenvalue weighted by Crippen LogP contribution is -2.12. The summed E-state index contributed by atoms with van der Waals surface area (Å²) in [7, 11) is -3.71. The highest BCUT2D eigenvalue weighted by Crippen LogP contribution is 2.29. The van der Waals surface area contributed by atoms with Crippen LogP contribution in [0.25, 0.3) is 11.1 Å². The van der Waals surface area contributed by atoms with Crippen molar-refractivity contribution in [1.29, 1.82) is 0 Å². The van der Waals surface area contributed by atoms with Crippen LogP contribution in [0.3, 0.4) is 0 Å². The third kappa shape index (κ3) is 3.78. The van der Waals surface area contributed by atoms with Gasteiger partial charge in [0.15, 0.2) is 0 Å². The summed E-state index contributed by atoms with van der Waals surface area (Å²) >= 11 is 0. The van der Waals surface area contributed by atoms with Crippen molar-refractivity contribution in [2.45, 2.75) is 17.7 Å². The lowest BCUT2D eigenvalue weighted by Gasteiger charge is -2.14. The number of rotatable bonds is 4. The summed E-state index contributed by atoms with van der Waals surface area (Å²) in [5.41, 5.74) is 3.10. The summed E-state index contributed by atoms with van der Waals surface area (Å²) in [6.07, 6.45) is 0. The van der Waals surface area contributed by atoms with Gasteiger partial charge in [0, 0.05) is 11.5 Å². The number of hydrogen-bond acceptors (Lipinski definition) is 2. The predicted molar refractivity (Wildman–Crippen MR) is 97.2 cm³/mol. The minimum atomic E-state index is -3.71. The fourth-order valence-corrected chi connectivity index (χ4v) is 3.31. The van der Waals surface area contributed by atoms with Gasteiger partial charge in [0.1, 0.15) is 5.82 Å². The largest absolute Gasteiger partial charge is 0.238 e. The molecule has 3 nitrogen and oxygen atoms in total. The quantitative estimate of drug-likeness (QED) is 0.759. The standard InChI is InChI=1S/C20H18FNO2S/c1-14(15-7-10-18(11-8-15)25(22,23)24)17-9-12-19(20(21)13-17)16-5-3-2-4-6-16/h2-14H,1H3,(H2,22,23,24)/t14-/m1/s1. The number of sulfonamides is 1. The van der Waals surface area contributed by atoms with Gasteiger partial charge in [0.2, 0.25) is 10.0 Å². The third-order valence-electron chi connectivity index (χ3n) is 4.29. The molecule has 0 saturated carbocycles. The second-order valence-electron chi connectivity index (χ2n) is 5.94. The third-order valence-corrected chi connectivity index (χ3v) is 5.22. The van der Waals surface area contributed by atoms with Gasteiger partial charge in [-0.15, -0.1) is 0 Å². The highest BCUT2D eigenvalue weighted by Gasteiger charge is 2.14. The van der Waals surface area contributed by atoms with E-state index in [1.165, 1.54) is 18.2 Å². The minimum Gasteiger partial charge on any atom is -0.225 e. The first kappa shape index (κ1) is 17.3. The molecule has 0 aliphatic rings. The maximum atomic E-state index is 14.5. The van der Waals surface area contributed by atoms with Crippen molar-refractivity contribution in [2.75, 3.05) is 0 Å². The van der Waals surface area contributed by atoms with Crippen LogP contribution in [0.2, 0.25) is 0 Å². The van der Waals surface area contributed by atoms with E-state index in [1.54, 1.807) is 18.2 Å². The van der Waals surface area contributed by atoms with Gasteiger partial charge in [-0.25, -0.2) is 17.9 Å². The molecule has 0 aliphatic heterocycles. The Hall–Kier alpha value is -2.50. The van der Waals surface area contributed by atoms with Gasteiger partial charge < -0.3 is 0 Å². The molecule has 3 aromatic carbocycles. The summed E-state index contributed by atoms with van der Waals surface area (Å²) in [5, 5.41) is 5.11. The Kier molecular flexibility index (Phi) is 4.70. The van der Waals surface area contributed by atoms with E-state index >= 15 is 0 Å². The number of nitrogens with two attached hydrogens (primary N) is 1. The molecule has 0 bridgehead atoms. The molecule has 0 fully saturated rings. The van der Waals surface area contributed by atoms with Crippen molar-refractivity contribution in [3.05, 3.63) is 89.7 Å². The van der Waals surface area contributed by atoms with Gasteiger partial charge in [0.25, 0.3) is 0 Å². The Morgan fingerprint density at radius 2 is 1.48 bits per heavy atom. The Bertz CT molecular complexity index is 984. The van der Waals surface area contributed by atoms with E-state index in [0.29, 0.717) is 5.56 Å². The van der Waals surface area contributed by atoms with Crippen molar-refractivity contribution in [3.63, 3.8) is 0 Å². The smallest absolute Gasteiger partial charge is 0.225 e. The van der Waals surface area contributed by atoms with Crippen LogP contribution in [-0.2, 0) is 10.0 Å². The molecule has 128 valence electrons. The summed E-state index contributed by atoms with van der Waals surface area (Å²) in [4.78, 5) is 0.0639. The minimum absolute atomic E-state index is 0.0639. The van der Waals surface area contributed by atoms with Crippen molar-refractivity contribution >= 4 is 10.0 Å². The molecule has 0 spiro atoms. The van der Waals surface area contributed by atoms with Crippen molar-refractivity contribution in [2.24, 2.45) is 5.14 Å². The molecule has 2 N–H and O–H groups in total. The molecule has 0 unspecified atom stereocenters. The number of hydrogen-bond donors (Lipinski definition) is 1. The van der Waals surface area contributed by atoms with E-state index in [4.69, 9.17) is 5.14 Å². The first-order valence-electron chi connectivity index (χ1n) is 7.84. The lowest BCUT2D eigenvalue weighted by atomic mass is 9.91. The van der Waals surface area contributed by atoms with Crippen LogP contribution in [0.15, 0.2) is 77.7 Å². The van der Waals surface area contributed by atoms with Gasteiger partial charge in [-0.05, 0) is 34.9 Å². The average Bonchev–Trinajstić information content (AvgIpc) is 2.61. The SMILES string of the molecule is C[C@H](c1ccc(S(N)(=O)=O)cc1)c1ccc(-c2ccccc2)c(F)c1. The predicted octanol–water partition coefficient (Wildman–Crippen LogP) is 4.29. The Labute approximate surface area is 147 Å². The van der Waals surface area contributed by atoms with E-state index < -0.39 is 10.0 Å². The molecule has 3 rings (SSSR count). The molecule has 0 aromatic heterocycles. The number of halogens is 1. The summed E-state index contributed by atoms with van der Waals surface area (Å²) in [6, 6.07) is 20.9. The van der Waals surface area contributed by atoms with E-state index in [9.17, 15) is 12.8 Å². The highest BCUT2D eigenvalue weighted by atomic mass is 32.2. The van der Waals surface area contributed by atoms with Crippen LogP contribution in [0.1, 0.15) is 24.0 Å². The van der Waals surface area contributed by atoms with E-state index in [-0.39, 0.29) is 16.6 Å². The topological polar surface area (TPSA) is 60.2 Å². The Balaban J connectivity index is 1.90. The Morgan fingerprint density at radius 1 is 0.880 bits per heavy atom. The Morgan fingerprint density at radius 3 is 2.04 bits per heavy atom. The van der Waals surface area contributed by atoms with Gasteiger partial charge in [-0.1, -0.05) is 61.5 Å². The van der Waals surface area contributed by atoms with Crippen LogP contribution >= 0.6 is 0 Å². The number of benzene rings is 3. The van der Waals surface area contributed by atoms with E-state index in [1.807, 2.05) is 43.3 Å². The zero-order valence-electron chi connectivity index (χ0n) is 13.7. The highest BCUT2D eigenvalue weighted by molar-refractivity contribution is 7.89. The number of primary sulfonamides is 1. The maximum absolute atomic E-state index is 14.5. The van der Waals surface area contributed by atoms with Gasteiger partial charge >= 0.3 is 0 Å². The van der Waals surface area contributed by atoms with Crippen molar-refractivity contribution < 1.29 is 12.8 Å². The van der Waals surface area contributed by atoms with Gasteiger partial charge in [-0.2, -0.15) is 0 Å². The average molecular weight is 355 g/mol. The molecule has 25 heavy (non-hydrogen) atoms. The molecule has 0 aliphatic carbocycles. The van der Waals surface area contributed by atoms with Gasteiger partial charge in [-0.3, -0.25) is 0 Å². The lowest BCUT2D eigenvalue weighted by molar-refractivity contribution is 0.597. The first-order chi connectivity index (χ1) is 11.9. The molecule has 0 amide bonds. The molecule has 0 heterocycles. The molecular weight excluding hydrogens is 337 g/mol. The maximum Gasteiger partial charge on any atom is 0.238 e. The zero-order chi connectivity index (χ0) is 18.0. The fraction of sp³-hybridized carbons (Fsp3) is 0.100. The van der Waals surface area contributed by atoms with Crippen molar-refractivity contribution in [1.82, 2.24) is 0 Å². The van der Waals surface area contributed by atoms with Gasteiger partial charge in [0.05, 0.1) is 4.90 Å². The summed E-state index contributed by atoms with van der Waals surface area (Å²) in [6.45, 7) is 1.95. The monoisotopic (exact) mass is 355 g/mol. The summed E-state index contributed by atoms with van der Waals surface area (Å²) in [5.74, 6) is -0.356. The fourth-order valence-electron chi connectivity index (χ4n) is 2.79. The second-order valence-corrected chi connectivity index (χ2v) is 7.50. The van der Waals surface area contributed by atoms with Crippen LogP contribution in [0, 0.1) is 5.82 Å². The molecule has 0 radical (unpaired) electrons. The molecule has 3 aromatic rings. The molecule has 0 saturated heterocycles. The van der Waals surface area contributed by atoms with Crippen molar-refractivity contribution in [3.8, 4) is 11.1 Å². The molecular formula is C20H18FNO2S. The zero-order valence-corrected chi connectivity index (χ0v) is 14.5. The van der Waals surface area contributed by atoms with Crippen LogP contribution in [0.5, 0.6) is 0 Å². The van der Waals surface area contributed by atoms with E-state index in [2.05, 4.69) is 0 Å². The summed E-state index contributed by atoms with van der Waals surface area (Å²) < 4.78 is 37.2. The van der Waals surface area contributed by atoms with E-state index in [0.717, 1.165) is 16.7 Å². The second kappa shape index (κ2) is 6.78. The van der Waals surface area contributed by atoms with Crippen LogP contribution in [0.4, 0.5) is 4.39 Å². The molecule has 1 atom stereocenters. The molecule has 5 heteroatoms.